The Bertz CT molecular complexity index is 589. The predicted molar refractivity (Wildman–Crippen MR) is 61.6 cm³/mol. The van der Waals surface area contributed by atoms with E-state index in [9.17, 15) is 26.4 Å². The zero-order chi connectivity index (χ0) is 14.7. The van der Waals surface area contributed by atoms with Crippen LogP contribution < -0.4 is 5.32 Å². The van der Waals surface area contributed by atoms with Gasteiger partial charge in [0.2, 0.25) is 15.7 Å². The third kappa shape index (κ3) is 4.40. The van der Waals surface area contributed by atoms with E-state index in [1.54, 1.807) is 0 Å². The van der Waals surface area contributed by atoms with Crippen LogP contribution in [0.3, 0.4) is 0 Å². The first-order chi connectivity index (χ1) is 8.63. The van der Waals surface area contributed by atoms with Gasteiger partial charge in [0.15, 0.2) is 0 Å². The lowest BCUT2D eigenvalue weighted by atomic mass is 10.2. The van der Waals surface area contributed by atoms with Crippen LogP contribution >= 0.6 is 0 Å². The van der Waals surface area contributed by atoms with Crippen LogP contribution in [0.5, 0.6) is 0 Å². The second-order valence-electron chi connectivity index (χ2n) is 3.57. The highest BCUT2D eigenvalue weighted by Crippen LogP contribution is 2.29. The fourth-order valence-electron chi connectivity index (χ4n) is 1.15. The summed E-state index contributed by atoms with van der Waals surface area (Å²) in [4.78, 5) is 10.2. The quantitative estimate of drug-likeness (QED) is 0.928. The Balaban J connectivity index is 2.97. The highest BCUT2D eigenvalue weighted by Gasteiger charge is 2.30. The standard InChI is InChI=1S/C11H10F3NO3S/c1-8(16)15-6-7-19(17,18)10-4-2-9(3-5-10)11(12,13)14/h2-7H,1H3,(H,15,16)/b7-6+. The van der Waals surface area contributed by atoms with Crippen LogP contribution in [0, 0.1) is 0 Å². The van der Waals surface area contributed by atoms with E-state index >= 15 is 0 Å². The van der Waals surface area contributed by atoms with Crippen LogP contribution in [0.25, 0.3) is 0 Å². The van der Waals surface area contributed by atoms with Crippen molar-refractivity contribution in [3.8, 4) is 0 Å². The molecule has 0 unspecified atom stereocenters. The first-order valence-corrected chi connectivity index (χ1v) is 6.53. The van der Waals surface area contributed by atoms with Crippen molar-refractivity contribution in [3.05, 3.63) is 41.4 Å². The Morgan fingerprint density at radius 3 is 2.16 bits per heavy atom. The molecule has 1 aromatic rings. The van der Waals surface area contributed by atoms with E-state index in [2.05, 4.69) is 5.32 Å². The van der Waals surface area contributed by atoms with Gasteiger partial charge in [-0.05, 0) is 24.3 Å². The number of amides is 1. The van der Waals surface area contributed by atoms with Crippen molar-refractivity contribution < 1.29 is 26.4 Å². The van der Waals surface area contributed by atoms with E-state index in [0.717, 1.165) is 18.3 Å². The lowest BCUT2D eigenvalue weighted by Crippen LogP contribution is -2.12. The van der Waals surface area contributed by atoms with Gasteiger partial charge in [0.05, 0.1) is 15.9 Å². The molecule has 8 heteroatoms. The van der Waals surface area contributed by atoms with E-state index < -0.39 is 27.5 Å². The SMILES string of the molecule is CC(=O)N/C=C/S(=O)(=O)c1ccc(C(F)(F)F)cc1. The molecule has 1 N–H and O–H groups in total. The van der Waals surface area contributed by atoms with Gasteiger partial charge in [-0.25, -0.2) is 8.42 Å². The maximum absolute atomic E-state index is 12.3. The molecule has 0 aliphatic carbocycles. The van der Waals surface area contributed by atoms with Gasteiger partial charge < -0.3 is 5.32 Å². The van der Waals surface area contributed by atoms with Gasteiger partial charge in [0, 0.05) is 13.1 Å². The summed E-state index contributed by atoms with van der Waals surface area (Å²) in [6, 6.07) is 3.07. The predicted octanol–water partition coefficient (Wildman–Crippen LogP) is 2.09. The highest BCUT2D eigenvalue weighted by atomic mass is 32.2. The van der Waals surface area contributed by atoms with Crippen LogP contribution in [0.2, 0.25) is 0 Å². The van der Waals surface area contributed by atoms with Gasteiger partial charge >= 0.3 is 6.18 Å². The summed E-state index contributed by atoms with van der Waals surface area (Å²) in [6.07, 6.45) is -3.61. The Morgan fingerprint density at radius 2 is 1.74 bits per heavy atom. The smallest absolute Gasteiger partial charge is 0.332 e. The number of benzene rings is 1. The molecular formula is C11H10F3NO3S. The number of carbonyl (C=O) groups excluding carboxylic acids is 1. The normalized spacial score (nSPS) is 12.6. The molecule has 0 saturated heterocycles. The largest absolute Gasteiger partial charge is 0.416 e. The van der Waals surface area contributed by atoms with Gasteiger partial charge in [-0.15, -0.1) is 0 Å². The van der Waals surface area contributed by atoms with Crippen molar-refractivity contribution >= 4 is 15.7 Å². The molecule has 0 heterocycles. The summed E-state index contributed by atoms with van der Waals surface area (Å²) < 4.78 is 60.2. The number of hydrogen-bond donors (Lipinski definition) is 1. The van der Waals surface area contributed by atoms with Gasteiger partial charge in [-0.3, -0.25) is 4.79 Å². The third-order valence-corrected chi connectivity index (χ3v) is 3.47. The van der Waals surface area contributed by atoms with Crippen LogP contribution in [-0.4, -0.2) is 14.3 Å². The van der Waals surface area contributed by atoms with Gasteiger partial charge in [-0.1, -0.05) is 0 Å². The van der Waals surface area contributed by atoms with Crippen LogP contribution in [0.4, 0.5) is 13.2 Å². The summed E-state index contributed by atoms with van der Waals surface area (Å²) in [5.74, 6) is -0.459. The Labute approximate surface area is 107 Å². The molecule has 1 amide bonds. The molecule has 0 atom stereocenters. The summed E-state index contributed by atoms with van der Waals surface area (Å²) >= 11 is 0. The molecule has 0 aromatic heterocycles. The zero-order valence-electron chi connectivity index (χ0n) is 9.73. The van der Waals surface area contributed by atoms with Crippen molar-refractivity contribution in [2.24, 2.45) is 0 Å². The van der Waals surface area contributed by atoms with Crippen molar-refractivity contribution in [1.29, 1.82) is 0 Å². The van der Waals surface area contributed by atoms with Crippen LogP contribution in [-0.2, 0) is 20.8 Å². The molecule has 104 valence electrons. The molecule has 0 bridgehead atoms. The number of hydrogen-bond acceptors (Lipinski definition) is 3. The molecule has 1 aromatic carbocycles. The monoisotopic (exact) mass is 293 g/mol. The Morgan fingerprint density at radius 1 is 1.21 bits per heavy atom. The molecule has 0 saturated carbocycles. The van der Waals surface area contributed by atoms with Crippen molar-refractivity contribution in [3.63, 3.8) is 0 Å². The summed E-state index contributed by atoms with van der Waals surface area (Å²) in [7, 11) is -3.88. The fourth-order valence-corrected chi connectivity index (χ4v) is 2.07. The van der Waals surface area contributed by atoms with E-state index in [0.29, 0.717) is 17.5 Å². The minimum Gasteiger partial charge on any atom is -0.332 e. The lowest BCUT2D eigenvalue weighted by Gasteiger charge is -2.06. The van der Waals surface area contributed by atoms with E-state index in [1.807, 2.05) is 0 Å². The second kappa shape index (κ2) is 5.43. The number of sulfone groups is 1. The minimum absolute atomic E-state index is 0.290. The minimum atomic E-state index is -4.52. The first kappa shape index (κ1) is 15.2. The van der Waals surface area contributed by atoms with E-state index in [-0.39, 0.29) is 4.90 Å². The fraction of sp³-hybridized carbons (Fsp3) is 0.182. The van der Waals surface area contributed by atoms with Crippen LogP contribution in [0.15, 0.2) is 40.8 Å². The molecule has 19 heavy (non-hydrogen) atoms. The van der Waals surface area contributed by atoms with Gasteiger partial charge in [0.1, 0.15) is 0 Å². The molecule has 0 aliphatic rings. The van der Waals surface area contributed by atoms with Gasteiger partial charge in [0.25, 0.3) is 0 Å². The molecule has 4 nitrogen and oxygen atoms in total. The van der Waals surface area contributed by atoms with E-state index in [1.165, 1.54) is 6.92 Å². The molecule has 0 aliphatic heterocycles. The van der Waals surface area contributed by atoms with E-state index in [4.69, 9.17) is 0 Å². The maximum atomic E-state index is 12.3. The Hall–Kier alpha value is -1.83. The van der Waals surface area contributed by atoms with Crippen molar-refractivity contribution in [2.75, 3.05) is 0 Å². The number of carbonyl (C=O) groups is 1. The average Bonchev–Trinajstić information content (AvgIpc) is 2.27. The average molecular weight is 293 g/mol. The van der Waals surface area contributed by atoms with Crippen molar-refractivity contribution in [1.82, 2.24) is 5.32 Å². The third-order valence-electron chi connectivity index (χ3n) is 2.04. The number of alkyl halides is 3. The second-order valence-corrected chi connectivity index (χ2v) is 5.40. The lowest BCUT2D eigenvalue weighted by molar-refractivity contribution is -0.137. The zero-order valence-corrected chi connectivity index (χ0v) is 10.5. The number of halogens is 3. The molecule has 1 rings (SSSR count). The molecule has 0 spiro atoms. The topological polar surface area (TPSA) is 63.2 Å². The first-order valence-electron chi connectivity index (χ1n) is 4.99. The number of rotatable bonds is 3. The highest BCUT2D eigenvalue weighted by molar-refractivity contribution is 7.94. The number of nitrogens with one attached hydrogen (secondary N) is 1. The summed E-state index contributed by atoms with van der Waals surface area (Å²) in [6.45, 7) is 1.19. The van der Waals surface area contributed by atoms with Crippen molar-refractivity contribution in [2.45, 2.75) is 18.0 Å². The Kier molecular flexibility index (Phi) is 4.35. The molecular weight excluding hydrogens is 283 g/mol. The maximum Gasteiger partial charge on any atom is 0.416 e. The molecule has 0 radical (unpaired) electrons. The summed E-state index contributed by atoms with van der Waals surface area (Å²) in [5, 5.41) is 2.83. The molecule has 0 fully saturated rings. The van der Waals surface area contributed by atoms with Crippen LogP contribution in [0.1, 0.15) is 12.5 Å². The van der Waals surface area contributed by atoms with Gasteiger partial charge in [-0.2, -0.15) is 13.2 Å². The summed E-state index contributed by atoms with van der Waals surface area (Å²) in [5.41, 5.74) is -0.933.